The molecular weight excluding hydrogens is 256 g/mol. The summed E-state index contributed by atoms with van der Waals surface area (Å²) in [7, 11) is 1.52. The van der Waals surface area contributed by atoms with E-state index in [0.717, 1.165) is 11.8 Å². The number of aromatic amines is 1. The second-order valence-corrected chi connectivity index (χ2v) is 4.82. The summed E-state index contributed by atoms with van der Waals surface area (Å²) >= 11 is 1.15. The van der Waals surface area contributed by atoms with Crippen molar-refractivity contribution in [2.75, 3.05) is 13.7 Å². The van der Waals surface area contributed by atoms with Crippen molar-refractivity contribution < 1.29 is 14.3 Å². The van der Waals surface area contributed by atoms with Gasteiger partial charge in [0.25, 0.3) is 5.56 Å². The van der Waals surface area contributed by atoms with Crippen molar-refractivity contribution >= 4 is 17.7 Å². The second kappa shape index (κ2) is 7.17. The van der Waals surface area contributed by atoms with Crippen molar-refractivity contribution in [3.05, 3.63) is 22.1 Å². The Kier molecular flexibility index (Phi) is 5.87. The number of nitrogens with zero attached hydrogens (tertiary/aromatic N) is 1. The number of thioether (sulfide) groups is 1. The fourth-order valence-corrected chi connectivity index (χ4v) is 2.06. The Morgan fingerprint density at radius 1 is 1.61 bits per heavy atom. The molecule has 1 aromatic rings. The van der Waals surface area contributed by atoms with E-state index >= 15 is 0 Å². The molecule has 100 valence electrons. The lowest BCUT2D eigenvalue weighted by molar-refractivity contribution is -0.142. The molecule has 1 N–H and O–H groups in total. The molecule has 1 heterocycles. The molecule has 0 aliphatic heterocycles. The van der Waals surface area contributed by atoms with Gasteiger partial charge in [0, 0.05) is 13.2 Å². The predicted molar refractivity (Wildman–Crippen MR) is 67.5 cm³/mol. The van der Waals surface area contributed by atoms with Crippen LogP contribution in [0.1, 0.15) is 19.5 Å². The minimum atomic E-state index is -0.425. The molecule has 1 rings (SSSR count). The summed E-state index contributed by atoms with van der Waals surface area (Å²) in [5.41, 5.74) is 0.260. The third-order valence-corrected chi connectivity index (χ3v) is 2.93. The molecule has 18 heavy (non-hydrogen) atoms. The molecule has 1 unspecified atom stereocenters. The topological polar surface area (TPSA) is 81.3 Å². The first-order chi connectivity index (χ1) is 8.56. The van der Waals surface area contributed by atoms with Crippen molar-refractivity contribution in [1.82, 2.24) is 9.97 Å². The minimum Gasteiger partial charge on any atom is -0.465 e. The Labute approximate surface area is 109 Å². The zero-order valence-electron chi connectivity index (χ0n) is 10.6. The fraction of sp³-hybridized carbons (Fsp3) is 0.545. The number of nitrogens with one attached hydrogen (secondary N) is 1. The number of carbonyl (C=O) groups excluding carboxylic acids is 1. The van der Waals surface area contributed by atoms with Gasteiger partial charge in [-0.25, -0.2) is 4.98 Å². The lowest BCUT2D eigenvalue weighted by Gasteiger charge is -2.09. The lowest BCUT2D eigenvalue weighted by Crippen LogP contribution is -2.18. The summed E-state index contributed by atoms with van der Waals surface area (Å²) in [6.45, 7) is 4.03. The Hall–Kier alpha value is -1.34. The number of carbonyl (C=O) groups is 1. The van der Waals surface area contributed by atoms with Crippen LogP contribution in [0.15, 0.2) is 16.0 Å². The number of rotatable bonds is 6. The Bertz CT molecular complexity index is 461. The molecule has 6 nitrogen and oxygen atoms in total. The number of hydrogen-bond donors (Lipinski definition) is 1. The first kappa shape index (κ1) is 14.7. The average Bonchev–Trinajstić information content (AvgIpc) is 2.28. The van der Waals surface area contributed by atoms with Crippen LogP contribution >= 0.6 is 11.8 Å². The van der Waals surface area contributed by atoms with Crippen molar-refractivity contribution in [3.8, 4) is 0 Å². The van der Waals surface area contributed by atoms with Crippen molar-refractivity contribution in [2.24, 2.45) is 0 Å². The van der Waals surface area contributed by atoms with E-state index < -0.39 is 5.25 Å². The molecule has 0 amide bonds. The van der Waals surface area contributed by atoms with Gasteiger partial charge in [-0.3, -0.25) is 9.59 Å². The largest absolute Gasteiger partial charge is 0.465 e. The molecule has 1 atom stereocenters. The molecular formula is C11H16N2O4S. The van der Waals surface area contributed by atoms with Crippen molar-refractivity contribution in [2.45, 2.75) is 30.9 Å². The summed E-state index contributed by atoms with van der Waals surface area (Å²) < 4.78 is 9.79. The van der Waals surface area contributed by atoms with Crippen LogP contribution in [0.3, 0.4) is 0 Å². The van der Waals surface area contributed by atoms with Gasteiger partial charge in [-0.05, 0) is 13.8 Å². The van der Waals surface area contributed by atoms with Gasteiger partial charge >= 0.3 is 5.97 Å². The summed E-state index contributed by atoms with van der Waals surface area (Å²) in [5, 5.41) is -0.0407. The van der Waals surface area contributed by atoms with E-state index in [-0.39, 0.29) is 18.1 Å². The van der Waals surface area contributed by atoms with Crippen LogP contribution in [-0.2, 0) is 20.9 Å². The lowest BCUT2D eigenvalue weighted by atomic mass is 10.4. The molecule has 0 saturated heterocycles. The first-order valence-corrected chi connectivity index (χ1v) is 6.37. The predicted octanol–water partition coefficient (Wildman–Crippen LogP) is 0.960. The molecule has 0 aliphatic carbocycles. The van der Waals surface area contributed by atoms with Gasteiger partial charge in [-0.2, -0.15) is 0 Å². The van der Waals surface area contributed by atoms with E-state index in [0.29, 0.717) is 17.5 Å². The summed E-state index contributed by atoms with van der Waals surface area (Å²) in [5.74, 6) is -0.331. The van der Waals surface area contributed by atoms with E-state index in [2.05, 4.69) is 9.97 Å². The quantitative estimate of drug-likeness (QED) is 0.472. The third kappa shape index (κ3) is 4.50. The number of ether oxygens (including phenoxy) is 2. The van der Waals surface area contributed by atoms with E-state index in [4.69, 9.17) is 9.47 Å². The maximum atomic E-state index is 11.5. The maximum absolute atomic E-state index is 11.5. The van der Waals surface area contributed by atoms with Crippen LogP contribution < -0.4 is 5.56 Å². The van der Waals surface area contributed by atoms with E-state index in [1.54, 1.807) is 13.8 Å². The molecule has 0 aliphatic rings. The molecule has 0 saturated carbocycles. The molecule has 0 aromatic carbocycles. The third-order valence-electron chi connectivity index (χ3n) is 1.97. The van der Waals surface area contributed by atoms with Gasteiger partial charge in [0.2, 0.25) is 0 Å². The Morgan fingerprint density at radius 3 is 2.94 bits per heavy atom. The second-order valence-electron chi connectivity index (χ2n) is 3.49. The zero-order chi connectivity index (χ0) is 13.5. The van der Waals surface area contributed by atoms with Crippen molar-refractivity contribution in [1.29, 1.82) is 0 Å². The van der Waals surface area contributed by atoms with E-state index in [1.807, 2.05) is 0 Å². The summed E-state index contributed by atoms with van der Waals surface area (Å²) in [4.78, 5) is 29.6. The Morgan fingerprint density at radius 2 is 2.33 bits per heavy atom. The van der Waals surface area contributed by atoms with Crippen LogP contribution in [0.25, 0.3) is 0 Å². The number of H-pyrrole nitrogens is 1. The van der Waals surface area contributed by atoms with Gasteiger partial charge in [0.1, 0.15) is 5.25 Å². The highest BCUT2D eigenvalue weighted by atomic mass is 32.2. The standard InChI is InChI=1S/C11H16N2O4S/c1-4-17-10(15)7(2)18-11-12-8(6-16-3)5-9(14)13-11/h5,7H,4,6H2,1-3H3,(H,12,13,14). The zero-order valence-corrected chi connectivity index (χ0v) is 11.4. The maximum Gasteiger partial charge on any atom is 0.319 e. The van der Waals surface area contributed by atoms with Crippen LogP contribution in [0.2, 0.25) is 0 Å². The smallest absolute Gasteiger partial charge is 0.319 e. The van der Waals surface area contributed by atoms with Gasteiger partial charge in [-0.15, -0.1) is 0 Å². The molecule has 1 aromatic heterocycles. The van der Waals surface area contributed by atoms with E-state index in [1.165, 1.54) is 13.2 Å². The van der Waals surface area contributed by atoms with Gasteiger partial charge in [-0.1, -0.05) is 11.8 Å². The van der Waals surface area contributed by atoms with Crippen LogP contribution in [0.4, 0.5) is 0 Å². The highest BCUT2D eigenvalue weighted by Gasteiger charge is 2.17. The van der Waals surface area contributed by atoms with Gasteiger partial charge in [0.15, 0.2) is 5.16 Å². The highest BCUT2D eigenvalue weighted by Crippen LogP contribution is 2.19. The molecule has 0 bridgehead atoms. The number of esters is 1. The van der Waals surface area contributed by atoms with Crippen LogP contribution in [-0.4, -0.2) is 34.9 Å². The number of hydrogen-bond acceptors (Lipinski definition) is 6. The normalized spacial score (nSPS) is 12.2. The Balaban J connectivity index is 2.77. The monoisotopic (exact) mass is 272 g/mol. The molecule has 7 heteroatoms. The summed E-state index contributed by atoms with van der Waals surface area (Å²) in [6, 6.07) is 1.36. The molecule has 0 fully saturated rings. The van der Waals surface area contributed by atoms with Crippen molar-refractivity contribution in [3.63, 3.8) is 0 Å². The number of aromatic nitrogens is 2. The van der Waals surface area contributed by atoms with Gasteiger partial charge < -0.3 is 14.5 Å². The molecule has 0 radical (unpaired) electrons. The summed E-state index contributed by atoms with van der Waals surface area (Å²) in [6.07, 6.45) is 0. The van der Waals surface area contributed by atoms with Gasteiger partial charge in [0.05, 0.1) is 18.9 Å². The number of methoxy groups -OCH3 is 1. The molecule has 0 spiro atoms. The minimum absolute atomic E-state index is 0.255. The fourth-order valence-electron chi connectivity index (χ4n) is 1.24. The van der Waals surface area contributed by atoms with Crippen LogP contribution in [0.5, 0.6) is 0 Å². The van der Waals surface area contributed by atoms with Crippen LogP contribution in [0, 0.1) is 0 Å². The van der Waals surface area contributed by atoms with E-state index in [9.17, 15) is 9.59 Å². The highest BCUT2D eigenvalue weighted by molar-refractivity contribution is 8.00. The average molecular weight is 272 g/mol. The SMILES string of the molecule is CCOC(=O)C(C)Sc1nc(COC)cc(=O)[nH]1. The first-order valence-electron chi connectivity index (χ1n) is 5.49.